The first kappa shape index (κ1) is 19.9. The number of nitrogens with zero attached hydrogens (tertiary/aromatic N) is 1. The number of rotatable bonds is 7. The van der Waals surface area contributed by atoms with Crippen LogP contribution in [0.1, 0.15) is 32.1 Å². The van der Waals surface area contributed by atoms with Crippen molar-refractivity contribution in [3.05, 3.63) is 66.8 Å². The highest BCUT2D eigenvalue weighted by Gasteiger charge is 2.24. The van der Waals surface area contributed by atoms with Crippen LogP contribution in [0.3, 0.4) is 0 Å². The maximum atomic E-state index is 13.0. The quantitative estimate of drug-likeness (QED) is 0.542. The van der Waals surface area contributed by atoms with E-state index in [2.05, 4.69) is 21.2 Å². The molecule has 1 unspecified atom stereocenters. The number of aryl methyl sites for hydroxylation is 1. The van der Waals surface area contributed by atoms with Crippen molar-refractivity contribution in [3.63, 3.8) is 0 Å². The molecule has 3 aromatic heterocycles. The van der Waals surface area contributed by atoms with Crippen molar-refractivity contribution in [3.8, 4) is 0 Å². The lowest BCUT2D eigenvalue weighted by Crippen LogP contribution is -2.46. The molecule has 0 aliphatic carbocycles. The fourth-order valence-corrected chi connectivity index (χ4v) is 4.80. The minimum Gasteiger partial charge on any atom is -0.467 e. The number of carbonyl (C=O) groups excluding carboxylic acids is 2. The Labute approximate surface area is 174 Å². The van der Waals surface area contributed by atoms with E-state index in [1.807, 2.05) is 31.2 Å². The predicted molar refractivity (Wildman–Crippen MR) is 111 cm³/mol. The van der Waals surface area contributed by atoms with Crippen molar-refractivity contribution in [1.82, 2.24) is 10.2 Å². The molecule has 0 aliphatic heterocycles. The Balaban J connectivity index is 1.71. The monoisotopic (exact) mass is 466 g/mol. The van der Waals surface area contributed by atoms with Crippen LogP contribution >= 0.6 is 38.6 Å². The molecule has 0 radical (unpaired) electrons. The molecular weight excluding hydrogens is 448 g/mol. The van der Waals surface area contributed by atoms with E-state index in [4.69, 9.17) is 4.42 Å². The van der Waals surface area contributed by atoms with E-state index in [9.17, 15) is 9.59 Å². The Bertz CT molecular complexity index is 917. The maximum absolute atomic E-state index is 13.0. The van der Waals surface area contributed by atoms with Crippen molar-refractivity contribution >= 4 is 50.4 Å². The van der Waals surface area contributed by atoms with Gasteiger partial charge in [-0.1, -0.05) is 0 Å². The molecule has 2 amide bonds. The second kappa shape index (κ2) is 8.86. The number of thiophene rings is 2. The first-order valence-electron chi connectivity index (χ1n) is 8.35. The molecule has 5 nitrogen and oxygen atoms in total. The number of amides is 2. The molecule has 0 bridgehead atoms. The zero-order chi connectivity index (χ0) is 19.4. The second-order valence-corrected chi connectivity index (χ2v) is 9.92. The van der Waals surface area contributed by atoms with Gasteiger partial charge in [0.05, 0.1) is 28.0 Å². The van der Waals surface area contributed by atoms with Gasteiger partial charge in [-0.2, -0.15) is 0 Å². The van der Waals surface area contributed by atoms with Crippen molar-refractivity contribution in [2.75, 3.05) is 0 Å². The lowest BCUT2D eigenvalue weighted by atomic mass is 10.2. The molecule has 3 aromatic rings. The number of nitrogens with one attached hydrogen (secondary N) is 1. The van der Waals surface area contributed by atoms with Crippen LogP contribution in [0.2, 0.25) is 0 Å². The second-order valence-electron chi connectivity index (χ2n) is 6.08. The Morgan fingerprint density at radius 3 is 2.59 bits per heavy atom. The lowest BCUT2D eigenvalue weighted by Gasteiger charge is -2.25. The summed E-state index contributed by atoms with van der Waals surface area (Å²) in [6.45, 7) is 4.57. The van der Waals surface area contributed by atoms with Gasteiger partial charge in [-0.15, -0.1) is 22.7 Å². The number of halogens is 1. The average Bonchev–Trinajstić information content (AvgIpc) is 3.37. The van der Waals surface area contributed by atoms with Gasteiger partial charge in [0.2, 0.25) is 5.91 Å². The topological polar surface area (TPSA) is 62.6 Å². The van der Waals surface area contributed by atoms with E-state index in [-0.39, 0.29) is 11.8 Å². The molecule has 0 aromatic carbocycles. The van der Waals surface area contributed by atoms with Gasteiger partial charge >= 0.3 is 0 Å². The Morgan fingerprint density at radius 1 is 1.19 bits per heavy atom. The SMILES string of the molecule is Cc1ccc(CN(Cc2ccco2)C(=O)C(C)NC(=O)c2ccc(Br)s2)s1. The van der Waals surface area contributed by atoms with Gasteiger partial charge in [0, 0.05) is 9.75 Å². The van der Waals surface area contributed by atoms with E-state index in [1.54, 1.807) is 41.6 Å². The Hall–Kier alpha value is -1.90. The van der Waals surface area contributed by atoms with Gasteiger partial charge in [-0.05, 0) is 66.2 Å². The van der Waals surface area contributed by atoms with Crippen molar-refractivity contribution < 1.29 is 14.0 Å². The number of hydrogen-bond donors (Lipinski definition) is 1. The molecule has 0 saturated carbocycles. The summed E-state index contributed by atoms with van der Waals surface area (Å²) in [6, 6.07) is 10.6. The highest BCUT2D eigenvalue weighted by Crippen LogP contribution is 2.22. The summed E-state index contributed by atoms with van der Waals surface area (Å²) >= 11 is 6.33. The van der Waals surface area contributed by atoms with Crippen LogP contribution in [0, 0.1) is 6.92 Å². The number of furan rings is 1. The average molecular weight is 467 g/mol. The summed E-state index contributed by atoms with van der Waals surface area (Å²) in [6.07, 6.45) is 1.59. The van der Waals surface area contributed by atoms with Crippen molar-refractivity contribution in [2.24, 2.45) is 0 Å². The third kappa shape index (κ3) is 5.31. The molecule has 1 atom stereocenters. The zero-order valence-corrected chi connectivity index (χ0v) is 18.1. The summed E-state index contributed by atoms with van der Waals surface area (Å²) < 4.78 is 6.28. The van der Waals surface area contributed by atoms with E-state index >= 15 is 0 Å². The van der Waals surface area contributed by atoms with Crippen LogP contribution in [0.25, 0.3) is 0 Å². The van der Waals surface area contributed by atoms with Gasteiger partial charge in [-0.3, -0.25) is 9.59 Å². The van der Waals surface area contributed by atoms with Gasteiger partial charge in [-0.25, -0.2) is 0 Å². The molecule has 3 heterocycles. The molecule has 3 rings (SSSR count). The Kier molecular flexibility index (Phi) is 6.51. The van der Waals surface area contributed by atoms with Gasteiger partial charge in [0.1, 0.15) is 11.8 Å². The Morgan fingerprint density at radius 2 is 2.00 bits per heavy atom. The first-order valence-corrected chi connectivity index (χ1v) is 10.8. The molecule has 142 valence electrons. The minimum absolute atomic E-state index is 0.151. The standard InChI is InChI=1S/C19H19BrN2O3S2/c1-12-5-6-15(26-12)11-22(10-14-4-3-9-25-14)19(24)13(2)21-18(23)16-7-8-17(20)27-16/h3-9,13H,10-11H2,1-2H3,(H,21,23). The predicted octanol–water partition coefficient (Wildman–Crippen LogP) is 4.82. The summed E-state index contributed by atoms with van der Waals surface area (Å²) in [5, 5.41) is 2.79. The number of hydrogen-bond acceptors (Lipinski definition) is 5. The molecular formula is C19H19BrN2O3S2. The highest BCUT2D eigenvalue weighted by molar-refractivity contribution is 9.11. The summed E-state index contributed by atoms with van der Waals surface area (Å²) in [5.74, 6) is 0.301. The van der Waals surface area contributed by atoms with Crippen molar-refractivity contribution in [1.29, 1.82) is 0 Å². The minimum atomic E-state index is -0.644. The number of carbonyl (C=O) groups is 2. The summed E-state index contributed by atoms with van der Waals surface area (Å²) in [5.41, 5.74) is 0. The lowest BCUT2D eigenvalue weighted by molar-refractivity contribution is -0.134. The van der Waals surface area contributed by atoms with E-state index in [0.717, 1.165) is 8.66 Å². The normalized spacial score (nSPS) is 12.0. The van der Waals surface area contributed by atoms with E-state index < -0.39 is 6.04 Å². The van der Waals surface area contributed by atoms with Crippen LogP contribution in [0.5, 0.6) is 0 Å². The molecule has 1 N–H and O–H groups in total. The largest absolute Gasteiger partial charge is 0.467 e. The molecule has 0 aliphatic rings. The fraction of sp³-hybridized carbons (Fsp3) is 0.263. The van der Waals surface area contributed by atoms with Crippen LogP contribution in [-0.2, 0) is 17.9 Å². The smallest absolute Gasteiger partial charge is 0.262 e. The van der Waals surface area contributed by atoms with Gasteiger partial charge < -0.3 is 14.6 Å². The first-order chi connectivity index (χ1) is 12.9. The third-order valence-electron chi connectivity index (χ3n) is 3.90. The van der Waals surface area contributed by atoms with Crippen LogP contribution < -0.4 is 5.32 Å². The van der Waals surface area contributed by atoms with Gasteiger partial charge in [0.15, 0.2) is 0 Å². The molecule has 27 heavy (non-hydrogen) atoms. The molecule has 0 fully saturated rings. The fourth-order valence-electron chi connectivity index (χ4n) is 2.60. The third-order valence-corrected chi connectivity index (χ3v) is 6.50. The van der Waals surface area contributed by atoms with Gasteiger partial charge in [0.25, 0.3) is 5.91 Å². The van der Waals surface area contributed by atoms with E-state index in [1.165, 1.54) is 16.2 Å². The zero-order valence-electron chi connectivity index (χ0n) is 14.9. The summed E-state index contributed by atoms with van der Waals surface area (Å²) in [4.78, 5) is 29.9. The maximum Gasteiger partial charge on any atom is 0.262 e. The van der Waals surface area contributed by atoms with Crippen molar-refractivity contribution in [2.45, 2.75) is 33.0 Å². The molecule has 8 heteroatoms. The molecule has 0 spiro atoms. The van der Waals surface area contributed by atoms with Crippen LogP contribution in [0.15, 0.2) is 50.9 Å². The highest BCUT2D eigenvalue weighted by atomic mass is 79.9. The summed E-state index contributed by atoms with van der Waals surface area (Å²) in [7, 11) is 0. The van der Waals surface area contributed by atoms with Crippen LogP contribution in [0.4, 0.5) is 0 Å². The van der Waals surface area contributed by atoms with E-state index in [0.29, 0.717) is 23.7 Å². The molecule has 0 saturated heterocycles. The van der Waals surface area contributed by atoms with Crippen LogP contribution in [-0.4, -0.2) is 22.8 Å².